The second-order valence-electron chi connectivity index (χ2n) is 10.8. The molecule has 0 fully saturated rings. The third-order valence-electron chi connectivity index (χ3n) is 7.48. The summed E-state index contributed by atoms with van der Waals surface area (Å²) in [5, 5.41) is -0.327. The van der Waals surface area contributed by atoms with E-state index in [1.54, 1.807) is 0 Å². The monoisotopic (exact) mass is 815 g/mol. The van der Waals surface area contributed by atoms with Crippen molar-refractivity contribution in [1.82, 2.24) is 0 Å². The van der Waals surface area contributed by atoms with Gasteiger partial charge in [0.05, 0.1) is 12.8 Å². The minimum absolute atomic E-state index is 0. The molecule has 0 saturated heterocycles. The third-order valence-corrected chi connectivity index (χ3v) is 11.0. The summed E-state index contributed by atoms with van der Waals surface area (Å²) >= 11 is 0. The number of alkyl halides is 15. The van der Waals surface area contributed by atoms with Gasteiger partial charge in [0, 0.05) is 0 Å². The Kier molecular flexibility index (Phi) is 12.2. The molecule has 0 aromatic heterocycles. The molecular formula is C33H22ClF15NO2P. The van der Waals surface area contributed by atoms with E-state index >= 15 is 26.3 Å². The van der Waals surface area contributed by atoms with Crippen LogP contribution < -0.4 is 33.1 Å². The molecule has 0 aliphatic heterocycles. The molecule has 0 atom stereocenters. The van der Waals surface area contributed by atoms with Gasteiger partial charge >= 0.3 is 47.6 Å². The number of nitrogens with zero attached hydrogens (tertiary/aromatic N) is 1. The number of methoxy groups -OCH3 is 1. The number of benzene rings is 4. The zero-order chi connectivity index (χ0) is 39.0. The fraction of sp³-hybridized carbons (Fsp3) is 0.242. The molecule has 0 aliphatic rings. The van der Waals surface area contributed by atoms with Crippen LogP contribution in [-0.4, -0.2) is 54.7 Å². The van der Waals surface area contributed by atoms with Crippen molar-refractivity contribution in [2.75, 3.05) is 7.11 Å². The van der Waals surface area contributed by atoms with Crippen molar-refractivity contribution in [2.24, 2.45) is 4.99 Å². The Morgan fingerprint density at radius 1 is 0.472 bits per heavy atom. The van der Waals surface area contributed by atoms with Gasteiger partial charge in [0.15, 0.2) is 0 Å². The van der Waals surface area contributed by atoms with E-state index in [2.05, 4.69) is 4.99 Å². The van der Waals surface area contributed by atoms with Crippen LogP contribution in [0.2, 0.25) is 0 Å². The second-order valence-corrected chi connectivity index (χ2v) is 13.7. The van der Waals surface area contributed by atoms with Gasteiger partial charge < -0.3 is 21.7 Å². The van der Waals surface area contributed by atoms with Crippen molar-refractivity contribution in [3.05, 3.63) is 115 Å². The minimum Gasteiger partial charge on any atom is -1.00 e. The van der Waals surface area contributed by atoms with Gasteiger partial charge in [-0.3, -0.25) is 0 Å². The van der Waals surface area contributed by atoms with E-state index in [4.69, 9.17) is 9.26 Å². The van der Waals surface area contributed by atoms with Crippen LogP contribution in [-0.2, 0) is 4.52 Å². The van der Waals surface area contributed by atoms with Gasteiger partial charge in [0.2, 0.25) is 0 Å². The number of halogens is 16. The predicted molar refractivity (Wildman–Crippen MR) is 162 cm³/mol. The van der Waals surface area contributed by atoms with Crippen molar-refractivity contribution in [1.29, 1.82) is 0 Å². The van der Waals surface area contributed by atoms with E-state index in [-0.39, 0.29) is 34.1 Å². The van der Waals surface area contributed by atoms with Gasteiger partial charge in [-0.05, 0) is 60.7 Å². The van der Waals surface area contributed by atoms with Crippen LogP contribution in [0.1, 0.15) is 0 Å². The van der Waals surface area contributed by atoms with Gasteiger partial charge in [-0.1, -0.05) is 54.6 Å². The SMILES string of the molecule is COc1ccc(N=C(O[P+](c2ccccc2)(c2ccccc2)c2ccccc2)C(F)(F)C(F)(F)C(F)(F)C(F)(F)C(F)(F)C(F)(F)C(F)(F)F)cc1.[Cl-]. The van der Waals surface area contributed by atoms with Crippen LogP contribution in [0.4, 0.5) is 71.5 Å². The Balaban J connectivity index is 0.00000756. The van der Waals surface area contributed by atoms with Gasteiger partial charge in [-0.25, -0.2) is 4.99 Å². The normalized spacial score (nSPS) is 14.0. The standard InChI is InChI=1S/C33H22F15NO2P.ClH/c1-50-22-19-17-21(18-20-22)49-26(27(34,35)28(36,37)29(38,39)30(40,41)31(42,43)32(44,45)33(46,47)48)51-52(23-11-5-2-6-12-23,24-13-7-3-8-14-24)25-15-9-4-10-16-25;/h2-20H,1H3;1H/q+1;/p-1. The molecule has 0 spiro atoms. The second kappa shape index (κ2) is 14.9. The van der Waals surface area contributed by atoms with Gasteiger partial charge in [0.25, 0.3) is 7.49 Å². The molecule has 20 heteroatoms. The van der Waals surface area contributed by atoms with Crippen molar-refractivity contribution >= 4 is 35.0 Å². The summed E-state index contributed by atoms with van der Waals surface area (Å²) < 4.78 is 227. The average Bonchev–Trinajstić information content (AvgIpc) is 3.10. The topological polar surface area (TPSA) is 30.8 Å². The van der Waals surface area contributed by atoms with Crippen LogP contribution in [0.5, 0.6) is 5.75 Å². The zero-order valence-corrected chi connectivity index (χ0v) is 27.9. The molecule has 0 heterocycles. The summed E-state index contributed by atoms with van der Waals surface area (Å²) in [6.45, 7) is 0. The number of ether oxygens (including phenoxy) is 1. The van der Waals surface area contributed by atoms with Crippen molar-refractivity contribution in [3.8, 4) is 5.75 Å². The smallest absolute Gasteiger partial charge is 0.460 e. The summed E-state index contributed by atoms with van der Waals surface area (Å²) in [4.78, 5) is 3.22. The summed E-state index contributed by atoms with van der Waals surface area (Å²) in [5.74, 6) is -51.1. The Labute approximate surface area is 297 Å². The highest BCUT2D eigenvalue weighted by Crippen LogP contribution is 2.64. The molecule has 3 nitrogen and oxygen atoms in total. The molecule has 4 aromatic carbocycles. The lowest BCUT2D eigenvalue weighted by Crippen LogP contribution is -3.00. The highest BCUT2D eigenvalue weighted by atomic mass is 35.5. The molecule has 0 N–H and O–H groups in total. The Hall–Kier alpha value is -4.18. The van der Waals surface area contributed by atoms with Crippen LogP contribution in [0.15, 0.2) is 120 Å². The number of hydrogen-bond acceptors (Lipinski definition) is 3. The van der Waals surface area contributed by atoms with E-state index in [1.807, 2.05) is 0 Å². The Morgan fingerprint density at radius 2 is 0.811 bits per heavy atom. The highest BCUT2D eigenvalue weighted by molar-refractivity contribution is 7.92. The fourth-order valence-electron chi connectivity index (χ4n) is 4.67. The first-order valence-corrected chi connectivity index (χ1v) is 16.0. The van der Waals surface area contributed by atoms with Crippen molar-refractivity contribution in [2.45, 2.75) is 41.7 Å². The molecule has 0 unspecified atom stereocenters. The van der Waals surface area contributed by atoms with Crippen LogP contribution in [0.25, 0.3) is 0 Å². The van der Waals surface area contributed by atoms with Crippen molar-refractivity contribution in [3.63, 3.8) is 0 Å². The maximum atomic E-state index is 16.2. The largest absolute Gasteiger partial charge is 1.00 e. The molecular weight excluding hydrogens is 794 g/mol. The van der Waals surface area contributed by atoms with Crippen LogP contribution in [0.3, 0.4) is 0 Å². The molecule has 0 aliphatic carbocycles. The van der Waals surface area contributed by atoms with Gasteiger partial charge in [-0.2, -0.15) is 65.9 Å². The fourth-order valence-corrected chi connectivity index (χ4v) is 8.07. The number of rotatable bonds is 12. The van der Waals surface area contributed by atoms with Crippen LogP contribution >= 0.6 is 7.49 Å². The molecule has 0 amide bonds. The first kappa shape index (κ1) is 43.2. The van der Waals surface area contributed by atoms with E-state index in [1.165, 1.54) is 91.0 Å². The molecule has 53 heavy (non-hydrogen) atoms. The molecule has 4 aromatic rings. The first-order chi connectivity index (χ1) is 23.9. The molecule has 0 radical (unpaired) electrons. The molecule has 0 bridgehead atoms. The number of aliphatic imine (C=N–C) groups is 1. The maximum Gasteiger partial charge on any atom is 0.460 e. The van der Waals surface area contributed by atoms with E-state index < -0.39 is 60.8 Å². The average molecular weight is 816 g/mol. The van der Waals surface area contributed by atoms with E-state index in [0.29, 0.717) is 0 Å². The van der Waals surface area contributed by atoms with E-state index in [9.17, 15) is 39.5 Å². The predicted octanol–water partition coefficient (Wildman–Crippen LogP) is 7.03. The summed E-state index contributed by atoms with van der Waals surface area (Å²) in [6.07, 6.45) is -7.73. The maximum absolute atomic E-state index is 16.2. The molecule has 4 rings (SSSR count). The zero-order valence-electron chi connectivity index (χ0n) is 26.2. The minimum atomic E-state index is -8.50. The Bertz CT molecular complexity index is 1750. The lowest BCUT2D eigenvalue weighted by molar-refractivity contribution is -0.449. The van der Waals surface area contributed by atoms with Crippen molar-refractivity contribution < 1.29 is 87.5 Å². The van der Waals surface area contributed by atoms with Crippen LogP contribution in [0, 0.1) is 0 Å². The quantitative estimate of drug-likeness (QED) is 0.0667. The molecule has 288 valence electrons. The summed E-state index contributed by atoms with van der Waals surface area (Å²) in [6, 6.07) is 23.1. The number of hydrogen-bond donors (Lipinski definition) is 0. The summed E-state index contributed by atoms with van der Waals surface area (Å²) in [5.41, 5.74) is -0.831. The Morgan fingerprint density at radius 3 is 1.15 bits per heavy atom. The lowest BCUT2D eigenvalue weighted by Gasteiger charge is -2.41. The highest BCUT2D eigenvalue weighted by Gasteiger charge is 2.94. The van der Waals surface area contributed by atoms with E-state index in [0.717, 1.165) is 31.4 Å². The lowest BCUT2D eigenvalue weighted by atomic mass is 9.91. The third kappa shape index (κ3) is 7.11. The van der Waals surface area contributed by atoms with Gasteiger partial charge in [-0.15, -0.1) is 0 Å². The molecule has 0 saturated carbocycles. The van der Waals surface area contributed by atoms with Gasteiger partial charge in [0.1, 0.15) is 21.7 Å². The first-order valence-electron chi connectivity index (χ1n) is 14.3. The summed E-state index contributed by atoms with van der Waals surface area (Å²) in [7, 11) is -3.28.